The summed E-state index contributed by atoms with van der Waals surface area (Å²) < 4.78 is 0. The van der Waals surface area contributed by atoms with Crippen molar-refractivity contribution in [3.05, 3.63) is 95.1 Å². The van der Waals surface area contributed by atoms with Crippen LogP contribution < -0.4 is 0 Å². The van der Waals surface area contributed by atoms with Gasteiger partial charge in [0.15, 0.2) is 0 Å². The quantitative estimate of drug-likeness (QED) is 0.119. The van der Waals surface area contributed by atoms with E-state index in [2.05, 4.69) is 86.6 Å². The highest BCUT2D eigenvalue weighted by molar-refractivity contribution is 7.99. The average Bonchev–Trinajstić information content (AvgIpc) is 3.74. The Kier molecular flexibility index (Phi) is 8.37. The number of aryl methyl sites for hydroxylation is 2. The van der Waals surface area contributed by atoms with E-state index in [-0.39, 0.29) is 10.8 Å². The van der Waals surface area contributed by atoms with E-state index in [1.54, 1.807) is 0 Å². The number of rotatable bonds is 11. The first-order chi connectivity index (χ1) is 25.3. The molecular formula is C48H54O2S2. The summed E-state index contributed by atoms with van der Waals surface area (Å²) in [4.78, 5) is 2.55. The lowest BCUT2D eigenvalue weighted by Crippen LogP contribution is -2.28. The molecule has 6 unspecified atom stereocenters. The van der Waals surface area contributed by atoms with E-state index < -0.39 is 0 Å². The molecule has 8 bridgehead atoms. The molecule has 2 N–H and O–H groups in total. The minimum atomic E-state index is 0.201. The minimum absolute atomic E-state index is 0.201. The van der Waals surface area contributed by atoms with Gasteiger partial charge in [-0.05, 0) is 184 Å². The Morgan fingerprint density at radius 1 is 0.519 bits per heavy atom. The van der Waals surface area contributed by atoms with Gasteiger partial charge in [0.05, 0.1) is 0 Å². The molecular weight excluding hydrogens is 673 g/mol. The summed E-state index contributed by atoms with van der Waals surface area (Å²) in [5.41, 5.74) is 9.87. The maximum Gasteiger partial charge on any atom is 0.127 e. The van der Waals surface area contributed by atoms with Crippen LogP contribution in [0.25, 0.3) is 22.3 Å². The fourth-order valence-corrected chi connectivity index (χ4v) is 15.6. The highest BCUT2D eigenvalue weighted by Crippen LogP contribution is 2.69. The van der Waals surface area contributed by atoms with E-state index in [9.17, 15) is 10.2 Å². The van der Waals surface area contributed by atoms with Crippen molar-refractivity contribution in [2.45, 2.75) is 112 Å². The van der Waals surface area contributed by atoms with E-state index in [0.717, 1.165) is 71.0 Å². The largest absolute Gasteiger partial charge is 0.507 e. The van der Waals surface area contributed by atoms with Gasteiger partial charge in [-0.3, -0.25) is 0 Å². The molecule has 0 aliphatic heterocycles. The molecule has 8 fully saturated rings. The van der Waals surface area contributed by atoms with Crippen molar-refractivity contribution < 1.29 is 10.2 Å². The van der Waals surface area contributed by atoms with Crippen molar-refractivity contribution in [2.75, 3.05) is 11.5 Å². The molecule has 8 aliphatic carbocycles. The second kappa shape index (κ2) is 12.9. The van der Waals surface area contributed by atoms with Crippen molar-refractivity contribution in [3.8, 4) is 33.8 Å². The van der Waals surface area contributed by atoms with Crippen LogP contribution in [0.2, 0.25) is 0 Å². The lowest BCUT2D eigenvalue weighted by Gasteiger charge is -2.35. The Morgan fingerprint density at radius 3 is 1.31 bits per heavy atom. The third-order valence-electron chi connectivity index (χ3n) is 15.0. The van der Waals surface area contributed by atoms with Crippen LogP contribution in [0.5, 0.6) is 11.5 Å². The van der Waals surface area contributed by atoms with Crippen molar-refractivity contribution in [3.63, 3.8) is 0 Å². The number of aromatic hydroxyl groups is 2. The SMILES string of the molecule is Cc1cc(-c2ccccc2SCCCCSc2ccccc2-c2cc(C)cc(C34CC5CC3C[C@H](C5)C4)c2O)c(O)c(C23CC4CC2C[C@@H](C4)C3)c1. The Labute approximate surface area is 319 Å². The summed E-state index contributed by atoms with van der Waals surface area (Å²) >= 11 is 3.88. The standard InChI is InChI=1S/C48H54O2S2/c1-29-15-39(45(49)41(17-29)47-25-31-19-32(26-47)22-35(47)21-31)37-9-3-5-11-43(37)51-13-7-8-14-52-44-12-6-4-10-38(44)40-16-30(2)18-42(46(40)50)48-27-33-20-34(28-48)24-36(48)23-33/h3-6,9-12,15-18,31-36,49-50H,7-8,13-14,19-28H2,1-2H3/t31-,32?,33+,34?,35?,36?,47?,48?. The molecule has 8 saturated carbocycles. The average molecular weight is 727 g/mol. The maximum atomic E-state index is 12.0. The molecule has 8 aliphatic rings. The number of hydrogen-bond acceptors (Lipinski definition) is 4. The smallest absolute Gasteiger partial charge is 0.127 e. The van der Waals surface area contributed by atoms with E-state index >= 15 is 0 Å². The van der Waals surface area contributed by atoms with Gasteiger partial charge in [0.25, 0.3) is 0 Å². The molecule has 4 aromatic carbocycles. The van der Waals surface area contributed by atoms with Crippen LogP contribution in [0.4, 0.5) is 0 Å². The molecule has 0 aromatic heterocycles. The van der Waals surface area contributed by atoms with Gasteiger partial charge >= 0.3 is 0 Å². The number of benzene rings is 4. The zero-order chi connectivity index (χ0) is 35.2. The summed E-state index contributed by atoms with van der Waals surface area (Å²) in [7, 11) is 0. The second-order valence-electron chi connectivity index (χ2n) is 18.2. The normalized spacial score (nSPS) is 32.0. The summed E-state index contributed by atoms with van der Waals surface area (Å²) in [6, 6.07) is 26.6. The third kappa shape index (κ3) is 5.43. The molecule has 4 aromatic rings. The molecule has 8 atom stereocenters. The lowest BCUT2D eigenvalue weighted by atomic mass is 9.70. The van der Waals surface area contributed by atoms with E-state index in [0.29, 0.717) is 11.5 Å². The van der Waals surface area contributed by atoms with Crippen LogP contribution in [-0.4, -0.2) is 21.7 Å². The zero-order valence-electron chi connectivity index (χ0n) is 31.0. The molecule has 270 valence electrons. The van der Waals surface area contributed by atoms with Crippen LogP contribution >= 0.6 is 23.5 Å². The highest BCUT2D eigenvalue weighted by Gasteiger charge is 2.60. The number of unbranched alkanes of at least 4 members (excludes halogenated alkanes) is 1. The Bertz CT molecular complexity index is 1860. The van der Waals surface area contributed by atoms with Gasteiger partial charge in [-0.2, -0.15) is 0 Å². The van der Waals surface area contributed by atoms with Gasteiger partial charge in [-0.1, -0.05) is 48.5 Å². The lowest BCUT2D eigenvalue weighted by molar-refractivity contribution is 0.263. The first kappa shape index (κ1) is 33.7. The molecule has 4 heteroatoms. The monoisotopic (exact) mass is 726 g/mol. The molecule has 12 rings (SSSR count). The number of hydrogen-bond donors (Lipinski definition) is 2. The first-order valence-corrected chi connectivity index (χ1v) is 22.4. The van der Waals surface area contributed by atoms with E-state index in [4.69, 9.17) is 0 Å². The van der Waals surface area contributed by atoms with Gasteiger partial charge in [0.2, 0.25) is 0 Å². The fraction of sp³-hybridized carbons (Fsp3) is 0.500. The van der Waals surface area contributed by atoms with Crippen molar-refractivity contribution in [1.82, 2.24) is 0 Å². The van der Waals surface area contributed by atoms with Crippen molar-refractivity contribution >= 4 is 23.5 Å². The third-order valence-corrected chi connectivity index (χ3v) is 17.3. The van der Waals surface area contributed by atoms with E-state index in [1.165, 1.54) is 107 Å². The Balaban J connectivity index is 0.817. The predicted molar refractivity (Wildman–Crippen MR) is 218 cm³/mol. The van der Waals surface area contributed by atoms with Gasteiger partial charge in [0, 0.05) is 42.9 Å². The molecule has 0 amide bonds. The van der Waals surface area contributed by atoms with Crippen LogP contribution in [0, 0.1) is 49.4 Å². The Hall–Kier alpha value is -2.82. The summed E-state index contributed by atoms with van der Waals surface area (Å²) in [6.07, 6.45) is 15.7. The fourth-order valence-electron chi connectivity index (χ4n) is 13.4. The van der Waals surface area contributed by atoms with E-state index in [1.807, 2.05) is 23.5 Å². The van der Waals surface area contributed by atoms with Gasteiger partial charge < -0.3 is 10.2 Å². The summed E-state index contributed by atoms with van der Waals surface area (Å²) in [5, 5.41) is 24.0. The molecule has 2 nitrogen and oxygen atoms in total. The minimum Gasteiger partial charge on any atom is -0.507 e. The topological polar surface area (TPSA) is 40.5 Å². The predicted octanol–water partition coefficient (Wildman–Crippen LogP) is 12.9. The second-order valence-corrected chi connectivity index (χ2v) is 20.5. The number of phenols is 2. The maximum absolute atomic E-state index is 12.0. The van der Waals surface area contributed by atoms with Gasteiger partial charge in [0.1, 0.15) is 11.5 Å². The van der Waals surface area contributed by atoms with Crippen LogP contribution in [0.1, 0.15) is 99.3 Å². The zero-order valence-corrected chi connectivity index (χ0v) is 32.6. The Morgan fingerprint density at radius 2 is 0.904 bits per heavy atom. The van der Waals surface area contributed by atoms with Gasteiger partial charge in [-0.15, -0.1) is 23.5 Å². The molecule has 52 heavy (non-hydrogen) atoms. The molecule has 0 radical (unpaired) electrons. The molecule has 0 heterocycles. The molecule has 0 saturated heterocycles. The van der Waals surface area contributed by atoms with Gasteiger partial charge in [-0.25, -0.2) is 0 Å². The van der Waals surface area contributed by atoms with Crippen LogP contribution in [-0.2, 0) is 10.8 Å². The highest BCUT2D eigenvalue weighted by atomic mass is 32.2. The molecule has 0 spiro atoms. The van der Waals surface area contributed by atoms with Crippen molar-refractivity contribution in [2.24, 2.45) is 35.5 Å². The summed E-state index contributed by atoms with van der Waals surface area (Å²) in [5.74, 6) is 8.19. The van der Waals surface area contributed by atoms with Crippen LogP contribution in [0.3, 0.4) is 0 Å². The summed E-state index contributed by atoms with van der Waals surface area (Å²) in [6.45, 7) is 4.44. The van der Waals surface area contributed by atoms with Crippen molar-refractivity contribution in [1.29, 1.82) is 0 Å². The van der Waals surface area contributed by atoms with Crippen LogP contribution in [0.15, 0.2) is 82.6 Å². The first-order valence-electron chi connectivity index (χ1n) is 20.4. The number of thioether (sulfide) groups is 2. The number of phenolic OH excluding ortho intramolecular Hbond substituents is 2.